The second-order valence-corrected chi connectivity index (χ2v) is 4.97. The van der Waals surface area contributed by atoms with Crippen molar-refractivity contribution in [1.82, 2.24) is 4.90 Å². The number of nitro benzene ring substituents is 1. The molecule has 0 N–H and O–H groups in total. The monoisotopic (exact) mass is 338 g/mol. The quantitative estimate of drug-likeness (QED) is 0.633. The van der Waals surface area contributed by atoms with E-state index in [9.17, 15) is 14.9 Å². The lowest BCUT2D eigenvalue weighted by atomic mass is 10.1. The Kier molecular flexibility index (Phi) is 4.19. The van der Waals surface area contributed by atoms with Crippen molar-refractivity contribution in [3.8, 4) is 0 Å². The van der Waals surface area contributed by atoms with E-state index >= 15 is 0 Å². The summed E-state index contributed by atoms with van der Waals surface area (Å²) >= 11 is 3.12. The topological polar surface area (TPSA) is 76.6 Å². The minimum atomic E-state index is -0.456. The van der Waals surface area contributed by atoms with Crippen LogP contribution in [0.3, 0.4) is 0 Å². The van der Waals surface area contributed by atoms with Crippen LogP contribution in [0.2, 0.25) is 0 Å². The molecule has 0 bridgehead atoms. The summed E-state index contributed by atoms with van der Waals surface area (Å²) in [7, 11) is 1.58. The Bertz CT molecular complexity index is 653. The summed E-state index contributed by atoms with van der Waals surface area (Å²) in [4.78, 5) is 24.0. The van der Waals surface area contributed by atoms with Crippen LogP contribution in [0.1, 0.15) is 15.9 Å². The van der Waals surface area contributed by atoms with E-state index in [1.54, 1.807) is 31.3 Å². The zero-order valence-corrected chi connectivity index (χ0v) is 12.2. The Balaban J connectivity index is 2.18. The van der Waals surface area contributed by atoms with Gasteiger partial charge in [0.15, 0.2) is 4.67 Å². The number of amides is 1. The minimum absolute atomic E-state index is 0.000485. The number of carbonyl (C=O) groups excluding carboxylic acids is 1. The maximum Gasteiger partial charge on any atom is 0.274 e. The summed E-state index contributed by atoms with van der Waals surface area (Å²) in [5.41, 5.74) is 0.870. The van der Waals surface area contributed by atoms with E-state index in [4.69, 9.17) is 4.42 Å². The van der Waals surface area contributed by atoms with Crippen molar-refractivity contribution < 1.29 is 14.1 Å². The average molecular weight is 339 g/mol. The van der Waals surface area contributed by atoms with Crippen LogP contribution in [0.15, 0.2) is 45.7 Å². The van der Waals surface area contributed by atoms with Crippen molar-refractivity contribution in [2.75, 3.05) is 7.05 Å². The Labute approximate surface area is 123 Å². The average Bonchev–Trinajstić information content (AvgIpc) is 2.84. The molecule has 0 aliphatic heterocycles. The van der Waals surface area contributed by atoms with E-state index in [0.29, 0.717) is 15.8 Å². The lowest BCUT2D eigenvalue weighted by Crippen LogP contribution is -2.26. The third kappa shape index (κ3) is 3.05. The van der Waals surface area contributed by atoms with Crippen molar-refractivity contribution in [1.29, 1.82) is 0 Å². The van der Waals surface area contributed by atoms with Gasteiger partial charge in [0.2, 0.25) is 0 Å². The van der Waals surface area contributed by atoms with E-state index in [1.807, 2.05) is 0 Å². The Morgan fingerprint density at radius 1 is 1.45 bits per heavy atom. The van der Waals surface area contributed by atoms with Gasteiger partial charge in [-0.1, -0.05) is 18.2 Å². The third-order valence-electron chi connectivity index (χ3n) is 2.76. The van der Waals surface area contributed by atoms with Gasteiger partial charge in [0.25, 0.3) is 11.6 Å². The molecule has 0 atom stereocenters. The molecular formula is C13H11BrN2O4. The molecule has 0 aliphatic rings. The molecular weight excluding hydrogens is 328 g/mol. The lowest BCUT2D eigenvalue weighted by molar-refractivity contribution is -0.385. The summed E-state index contributed by atoms with van der Waals surface area (Å²) in [6.07, 6.45) is 1.34. The van der Waals surface area contributed by atoms with Crippen LogP contribution in [0.5, 0.6) is 0 Å². The molecule has 2 aromatic rings. The molecule has 0 spiro atoms. The molecule has 1 aromatic heterocycles. The van der Waals surface area contributed by atoms with Crippen LogP contribution >= 0.6 is 15.9 Å². The summed E-state index contributed by atoms with van der Waals surface area (Å²) in [6.45, 7) is 0.152. The molecule has 0 saturated carbocycles. The van der Waals surface area contributed by atoms with Crippen LogP contribution in [0, 0.1) is 10.1 Å². The molecule has 0 saturated heterocycles. The molecule has 7 heteroatoms. The number of furan rings is 1. The predicted molar refractivity (Wildman–Crippen MR) is 75.3 cm³/mol. The first-order chi connectivity index (χ1) is 9.49. The van der Waals surface area contributed by atoms with Gasteiger partial charge in [-0.3, -0.25) is 14.9 Å². The first-order valence-electron chi connectivity index (χ1n) is 5.71. The molecule has 0 radical (unpaired) electrons. The number of carbonyl (C=O) groups is 1. The van der Waals surface area contributed by atoms with E-state index in [1.165, 1.54) is 17.2 Å². The molecule has 20 heavy (non-hydrogen) atoms. The summed E-state index contributed by atoms with van der Waals surface area (Å²) in [5, 5.41) is 10.9. The van der Waals surface area contributed by atoms with Crippen LogP contribution in [0.25, 0.3) is 0 Å². The van der Waals surface area contributed by atoms with Gasteiger partial charge >= 0.3 is 0 Å². The van der Waals surface area contributed by atoms with Gasteiger partial charge in [-0.05, 0) is 15.9 Å². The fraction of sp³-hybridized carbons (Fsp3) is 0.154. The standard InChI is InChI=1S/C13H11BrN2O4/c1-15(13(17)10-6-12(14)20-8-10)7-9-4-2-3-5-11(9)16(18)19/h2-6,8H,7H2,1H3. The fourth-order valence-corrected chi connectivity index (χ4v) is 2.13. The highest BCUT2D eigenvalue weighted by molar-refractivity contribution is 9.10. The Morgan fingerprint density at radius 2 is 2.15 bits per heavy atom. The third-order valence-corrected chi connectivity index (χ3v) is 3.17. The van der Waals surface area contributed by atoms with Crippen LogP contribution < -0.4 is 0 Å². The van der Waals surface area contributed by atoms with Crippen LogP contribution in [0.4, 0.5) is 5.69 Å². The molecule has 6 nitrogen and oxygen atoms in total. The number of nitro groups is 1. The van der Waals surface area contributed by atoms with Crippen molar-refractivity contribution >= 4 is 27.5 Å². The van der Waals surface area contributed by atoms with Gasteiger partial charge in [0.05, 0.1) is 17.0 Å². The SMILES string of the molecule is CN(Cc1ccccc1[N+](=O)[O-])C(=O)c1coc(Br)c1. The molecule has 1 heterocycles. The van der Waals surface area contributed by atoms with Gasteiger partial charge in [0, 0.05) is 24.7 Å². The number of hydrogen-bond acceptors (Lipinski definition) is 4. The van der Waals surface area contributed by atoms with Gasteiger partial charge < -0.3 is 9.32 Å². The second-order valence-electron chi connectivity index (χ2n) is 4.19. The van der Waals surface area contributed by atoms with Crippen LogP contribution in [-0.2, 0) is 6.54 Å². The van der Waals surface area contributed by atoms with Gasteiger partial charge in [-0.2, -0.15) is 0 Å². The fourth-order valence-electron chi connectivity index (χ4n) is 1.79. The highest BCUT2D eigenvalue weighted by Crippen LogP contribution is 2.21. The van der Waals surface area contributed by atoms with Crippen molar-refractivity contribution in [3.05, 3.63) is 62.5 Å². The Hall–Kier alpha value is -2.15. The number of rotatable bonds is 4. The molecule has 104 valence electrons. The van der Waals surface area contributed by atoms with Gasteiger partial charge in [-0.25, -0.2) is 0 Å². The van der Waals surface area contributed by atoms with Crippen molar-refractivity contribution in [2.24, 2.45) is 0 Å². The van der Waals surface area contributed by atoms with Gasteiger partial charge in [-0.15, -0.1) is 0 Å². The molecule has 2 rings (SSSR count). The molecule has 1 amide bonds. The number of halogens is 1. The molecule has 0 fully saturated rings. The highest BCUT2D eigenvalue weighted by Gasteiger charge is 2.19. The maximum absolute atomic E-state index is 12.1. The smallest absolute Gasteiger partial charge is 0.274 e. The first kappa shape index (κ1) is 14.3. The Morgan fingerprint density at radius 3 is 2.75 bits per heavy atom. The molecule has 0 unspecified atom stereocenters. The predicted octanol–water partition coefficient (Wildman–Crippen LogP) is 3.22. The molecule has 0 aliphatic carbocycles. The lowest BCUT2D eigenvalue weighted by Gasteiger charge is -2.16. The van der Waals surface area contributed by atoms with Crippen molar-refractivity contribution in [3.63, 3.8) is 0 Å². The van der Waals surface area contributed by atoms with E-state index < -0.39 is 4.92 Å². The van der Waals surface area contributed by atoms with E-state index in [0.717, 1.165) is 0 Å². The zero-order chi connectivity index (χ0) is 14.7. The summed E-state index contributed by atoms with van der Waals surface area (Å²) in [6, 6.07) is 7.90. The number of nitrogens with zero attached hydrogens (tertiary/aromatic N) is 2. The van der Waals surface area contributed by atoms with Gasteiger partial charge in [0.1, 0.15) is 6.26 Å². The minimum Gasteiger partial charge on any atom is -0.457 e. The number of para-hydroxylation sites is 1. The van der Waals surface area contributed by atoms with E-state index in [2.05, 4.69) is 15.9 Å². The van der Waals surface area contributed by atoms with E-state index in [-0.39, 0.29) is 18.1 Å². The highest BCUT2D eigenvalue weighted by atomic mass is 79.9. The number of hydrogen-bond donors (Lipinski definition) is 0. The largest absolute Gasteiger partial charge is 0.457 e. The number of benzene rings is 1. The normalized spacial score (nSPS) is 10.3. The summed E-state index contributed by atoms with van der Waals surface area (Å²) in [5.74, 6) is -0.266. The first-order valence-corrected chi connectivity index (χ1v) is 6.50. The maximum atomic E-state index is 12.1. The summed E-state index contributed by atoms with van der Waals surface area (Å²) < 4.78 is 5.47. The van der Waals surface area contributed by atoms with Crippen LogP contribution in [-0.4, -0.2) is 22.8 Å². The molecule has 1 aromatic carbocycles. The zero-order valence-electron chi connectivity index (χ0n) is 10.6. The van der Waals surface area contributed by atoms with Crippen molar-refractivity contribution in [2.45, 2.75) is 6.54 Å². The second kappa shape index (κ2) is 5.87.